The van der Waals surface area contributed by atoms with E-state index in [0.29, 0.717) is 12.8 Å². The molecule has 0 fully saturated rings. The highest BCUT2D eigenvalue weighted by Gasteiger charge is 2.40. The SMILES string of the molecule is CC(c1ccccc1)C(N)(CCc1ccccc1)C(=O)O. The lowest BCUT2D eigenvalue weighted by Crippen LogP contribution is -2.52. The molecule has 3 N–H and O–H groups in total. The maximum atomic E-state index is 11.7. The molecule has 0 spiro atoms. The van der Waals surface area contributed by atoms with Gasteiger partial charge in [0.2, 0.25) is 0 Å². The van der Waals surface area contributed by atoms with Crippen molar-refractivity contribution >= 4 is 5.97 Å². The Balaban J connectivity index is 2.18. The van der Waals surface area contributed by atoms with Crippen LogP contribution in [-0.4, -0.2) is 16.6 Å². The minimum absolute atomic E-state index is 0.250. The summed E-state index contributed by atoms with van der Waals surface area (Å²) in [7, 11) is 0. The van der Waals surface area contributed by atoms with Crippen LogP contribution in [0.1, 0.15) is 30.4 Å². The Bertz CT molecular complexity index is 583. The zero-order chi connectivity index (χ0) is 15.3. The number of carboxylic acid groups (broad SMARTS) is 1. The van der Waals surface area contributed by atoms with E-state index in [1.54, 1.807) is 0 Å². The molecule has 0 saturated heterocycles. The van der Waals surface area contributed by atoms with Crippen LogP contribution in [0.3, 0.4) is 0 Å². The maximum Gasteiger partial charge on any atom is 0.324 e. The van der Waals surface area contributed by atoms with Crippen molar-refractivity contribution in [1.82, 2.24) is 0 Å². The van der Waals surface area contributed by atoms with E-state index in [2.05, 4.69) is 0 Å². The number of carboxylic acids is 1. The lowest BCUT2D eigenvalue weighted by atomic mass is 9.77. The van der Waals surface area contributed by atoms with Crippen LogP contribution in [0.2, 0.25) is 0 Å². The van der Waals surface area contributed by atoms with Gasteiger partial charge >= 0.3 is 5.97 Å². The van der Waals surface area contributed by atoms with Gasteiger partial charge in [0.1, 0.15) is 5.54 Å². The number of benzene rings is 2. The van der Waals surface area contributed by atoms with Crippen LogP contribution in [-0.2, 0) is 11.2 Å². The molecule has 0 aliphatic carbocycles. The molecular weight excluding hydrogens is 262 g/mol. The summed E-state index contributed by atoms with van der Waals surface area (Å²) in [6.45, 7) is 1.88. The lowest BCUT2D eigenvalue weighted by molar-refractivity contribution is -0.144. The molecular formula is C18H21NO2. The average molecular weight is 283 g/mol. The number of nitrogens with two attached hydrogens (primary N) is 1. The highest BCUT2D eigenvalue weighted by Crippen LogP contribution is 2.30. The van der Waals surface area contributed by atoms with Crippen molar-refractivity contribution in [2.45, 2.75) is 31.2 Å². The Morgan fingerprint density at radius 3 is 2.14 bits per heavy atom. The average Bonchev–Trinajstić information content (AvgIpc) is 2.53. The Hall–Kier alpha value is -2.13. The lowest BCUT2D eigenvalue weighted by Gasteiger charge is -2.31. The molecule has 2 rings (SSSR count). The molecule has 0 aliphatic heterocycles. The van der Waals surface area contributed by atoms with Gasteiger partial charge in [-0.25, -0.2) is 0 Å². The van der Waals surface area contributed by atoms with Gasteiger partial charge in [-0.3, -0.25) is 4.79 Å². The smallest absolute Gasteiger partial charge is 0.324 e. The van der Waals surface area contributed by atoms with Crippen molar-refractivity contribution < 1.29 is 9.90 Å². The first kappa shape index (κ1) is 15.3. The third-order valence-electron chi connectivity index (χ3n) is 4.14. The highest BCUT2D eigenvalue weighted by molar-refractivity contribution is 5.80. The predicted octanol–water partition coefficient (Wildman–Crippen LogP) is 3.21. The molecule has 2 aromatic carbocycles. The zero-order valence-corrected chi connectivity index (χ0v) is 12.2. The van der Waals surface area contributed by atoms with E-state index in [-0.39, 0.29) is 5.92 Å². The van der Waals surface area contributed by atoms with E-state index in [9.17, 15) is 9.90 Å². The van der Waals surface area contributed by atoms with Gasteiger partial charge in [-0.15, -0.1) is 0 Å². The van der Waals surface area contributed by atoms with E-state index in [4.69, 9.17) is 5.73 Å². The van der Waals surface area contributed by atoms with Gasteiger partial charge in [-0.2, -0.15) is 0 Å². The van der Waals surface area contributed by atoms with Crippen molar-refractivity contribution in [3.8, 4) is 0 Å². The van der Waals surface area contributed by atoms with Crippen molar-refractivity contribution in [1.29, 1.82) is 0 Å². The summed E-state index contributed by atoms with van der Waals surface area (Å²) < 4.78 is 0. The molecule has 0 bridgehead atoms. The molecule has 21 heavy (non-hydrogen) atoms. The molecule has 2 aromatic rings. The number of carbonyl (C=O) groups is 1. The summed E-state index contributed by atoms with van der Waals surface area (Å²) in [6.07, 6.45) is 1.06. The Morgan fingerprint density at radius 2 is 1.62 bits per heavy atom. The largest absolute Gasteiger partial charge is 0.480 e. The zero-order valence-electron chi connectivity index (χ0n) is 12.2. The molecule has 3 heteroatoms. The van der Waals surface area contributed by atoms with Crippen LogP contribution in [0.15, 0.2) is 60.7 Å². The first-order valence-corrected chi connectivity index (χ1v) is 7.15. The van der Waals surface area contributed by atoms with Gasteiger partial charge in [0.05, 0.1) is 0 Å². The number of aliphatic carboxylic acids is 1. The Morgan fingerprint density at radius 1 is 1.10 bits per heavy atom. The molecule has 0 heterocycles. The summed E-state index contributed by atoms with van der Waals surface area (Å²) in [5.74, 6) is -1.20. The first-order valence-electron chi connectivity index (χ1n) is 7.15. The number of aryl methyl sites for hydroxylation is 1. The highest BCUT2D eigenvalue weighted by atomic mass is 16.4. The predicted molar refractivity (Wildman–Crippen MR) is 84.2 cm³/mol. The van der Waals surface area contributed by atoms with E-state index in [1.165, 1.54) is 0 Å². The van der Waals surface area contributed by atoms with Crippen LogP contribution in [0, 0.1) is 0 Å². The fourth-order valence-electron chi connectivity index (χ4n) is 2.54. The molecule has 0 saturated carbocycles. The topological polar surface area (TPSA) is 63.3 Å². The first-order chi connectivity index (χ1) is 10.0. The van der Waals surface area contributed by atoms with Crippen molar-refractivity contribution in [2.24, 2.45) is 5.73 Å². The summed E-state index contributed by atoms with van der Waals surface area (Å²) in [5, 5.41) is 9.62. The second-order valence-corrected chi connectivity index (χ2v) is 5.46. The standard InChI is InChI=1S/C18H21NO2/c1-14(16-10-6-3-7-11-16)18(19,17(20)21)13-12-15-8-4-2-5-9-15/h2-11,14H,12-13,19H2,1H3,(H,20,21). The summed E-state index contributed by atoms with van der Waals surface area (Å²) in [4.78, 5) is 11.7. The molecule has 0 aliphatic rings. The fourth-order valence-corrected chi connectivity index (χ4v) is 2.54. The van der Waals surface area contributed by atoms with E-state index < -0.39 is 11.5 Å². The minimum atomic E-state index is -1.27. The van der Waals surface area contributed by atoms with Crippen molar-refractivity contribution in [2.75, 3.05) is 0 Å². The van der Waals surface area contributed by atoms with Gasteiger partial charge in [-0.05, 0) is 24.0 Å². The molecule has 0 radical (unpaired) electrons. The van der Waals surface area contributed by atoms with E-state index in [1.807, 2.05) is 67.6 Å². The molecule has 2 unspecified atom stereocenters. The van der Waals surface area contributed by atoms with Crippen LogP contribution in [0.4, 0.5) is 0 Å². The number of hydrogen-bond donors (Lipinski definition) is 2. The van der Waals surface area contributed by atoms with Crippen molar-refractivity contribution in [3.05, 3.63) is 71.8 Å². The summed E-state index contributed by atoms with van der Waals surface area (Å²) in [5.41, 5.74) is 7.06. The second kappa shape index (κ2) is 6.55. The van der Waals surface area contributed by atoms with Crippen LogP contribution in [0.5, 0.6) is 0 Å². The van der Waals surface area contributed by atoms with E-state index in [0.717, 1.165) is 11.1 Å². The summed E-state index contributed by atoms with van der Waals surface area (Å²) in [6, 6.07) is 19.4. The fraction of sp³-hybridized carbons (Fsp3) is 0.278. The molecule has 3 nitrogen and oxygen atoms in total. The third kappa shape index (κ3) is 3.50. The second-order valence-electron chi connectivity index (χ2n) is 5.46. The number of hydrogen-bond acceptors (Lipinski definition) is 2. The molecule has 0 aromatic heterocycles. The van der Waals surface area contributed by atoms with Gasteiger partial charge in [0.25, 0.3) is 0 Å². The van der Waals surface area contributed by atoms with Crippen LogP contribution < -0.4 is 5.73 Å². The van der Waals surface area contributed by atoms with Gasteiger partial charge < -0.3 is 10.8 Å². The van der Waals surface area contributed by atoms with Crippen molar-refractivity contribution in [3.63, 3.8) is 0 Å². The Labute approximate surface area is 125 Å². The van der Waals surface area contributed by atoms with Gasteiger partial charge in [-0.1, -0.05) is 67.6 Å². The minimum Gasteiger partial charge on any atom is -0.480 e. The van der Waals surface area contributed by atoms with Gasteiger partial charge in [0.15, 0.2) is 0 Å². The van der Waals surface area contributed by atoms with Crippen LogP contribution in [0.25, 0.3) is 0 Å². The monoisotopic (exact) mass is 283 g/mol. The third-order valence-corrected chi connectivity index (χ3v) is 4.14. The normalized spacial score (nSPS) is 15.1. The molecule has 2 atom stereocenters. The summed E-state index contributed by atoms with van der Waals surface area (Å²) >= 11 is 0. The molecule has 0 amide bonds. The Kier molecular flexibility index (Phi) is 4.76. The van der Waals surface area contributed by atoms with Crippen LogP contribution >= 0.6 is 0 Å². The quantitative estimate of drug-likeness (QED) is 0.855. The van der Waals surface area contributed by atoms with Gasteiger partial charge in [0, 0.05) is 5.92 Å². The van der Waals surface area contributed by atoms with E-state index >= 15 is 0 Å². The number of rotatable bonds is 6. The molecule has 110 valence electrons. The maximum absolute atomic E-state index is 11.7.